The highest BCUT2D eigenvalue weighted by molar-refractivity contribution is 7.14. The van der Waals surface area contributed by atoms with Gasteiger partial charge in [-0.15, -0.1) is 11.3 Å². The molecule has 1 aromatic carbocycles. The zero-order valence-electron chi connectivity index (χ0n) is 14.5. The van der Waals surface area contributed by atoms with E-state index in [9.17, 15) is 0 Å². The molecule has 0 aliphatic carbocycles. The number of benzene rings is 1. The molecular weight excluding hydrogens is 441 g/mol. The third-order valence-electron chi connectivity index (χ3n) is 3.71. The van der Waals surface area contributed by atoms with Crippen LogP contribution in [0.2, 0.25) is 14.4 Å². The highest BCUT2D eigenvalue weighted by Crippen LogP contribution is 2.32. The van der Waals surface area contributed by atoms with Crippen molar-refractivity contribution in [3.63, 3.8) is 0 Å². The summed E-state index contributed by atoms with van der Waals surface area (Å²) in [6, 6.07) is 7.39. The predicted molar refractivity (Wildman–Crippen MR) is 112 cm³/mol. The van der Waals surface area contributed by atoms with Gasteiger partial charge in [-0.1, -0.05) is 40.9 Å². The molecule has 0 amide bonds. The summed E-state index contributed by atoms with van der Waals surface area (Å²) in [5.74, 6) is 0. The largest absolute Gasteiger partial charge is 0.367 e. The van der Waals surface area contributed by atoms with Crippen molar-refractivity contribution in [3.05, 3.63) is 86.3 Å². The Labute approximate surface area is 181 Å². The second-order valence-corrected chi connectivity index (χ2v) is 7.96. The smallest absolute Gasteiger partial charge is 0.102 e. The van der Waals surface area contributed by atoms with Crippen molar-refractivity contribution in [3.8, 4) is 0 Å². The van der Waals surface area contributed by atoms with E-state index in [-0.39, 0.29) is 6.10 Å². The van der Waals surface area contributed by atoms with Gasteiger partial charge in [0.25, 0.3) is 0 Å². The van der Waals surface area contributed by atoms with Crippen molar-refractivity contribution in [1.82, 2.24) is 25.0 Å². The minimum atomic E-state index is -0.232. The van der Waals surface area contributed by atoms with Crippen molar-refractivity contribution >= 4 is 46.1 Å². The van der Waals surface area contributed by atoms with E-state index in [1.165, 1.54) is 11.3 Å². The number of rotatable bonds is 6. The molecule has 28 heavy (non-hydrogen) atoms. The first-order valence-corrected chi connectivity index (χ1v) is 10.2. The Morgan fingerprint density at radius 2 is 1.93 bits per heavy atom. The van der Waals surface area contributed by atoms with Gasteiger partial charge < -0.3 is 9.30 Å². The standard InChI is InChI=1S/C16H13Cl3N2OS.C2H3N3/c17-12-1-2-13(14(18)7-12)15(8-21-5-4-20-10-21)22-9-11-3-6-23-16(11)19;1-2-4-5-3-1/h1-7,10,15H,8-9H2;1-2H,(H,3,4,5). The lowest BCUT2D eigenvalue weighted by Crippen LogP contribution is -2.12. The molecule has 0 saturated carbocycles. The summed E-state index contributed by atoms with van der Waals surface area (Å²) < 4.78 is 8.79. The Morgan fingerprint density at radius 3 is 2.50 bits per heavy atom. The molecule has 1 N–H and O–H groups in total. The van der Waals surface area contributed by atoms with E-state index in [4.69, 9.17) is 39.5 Å². The lowest BCUT2D eigenvalue weighted by atomic mass is 10.1. The van der Waals surface area contributed by atoms with Gasteiger partial charge >= 0.3 is 0 Å². The highest BCUT2D eigenvalue weighted by Gasteiger charge is 2.17. The van der Waals surface area contributed by atoms with Crippen molar-refractivity contribution in [2.75, 3.05) is 0 Å². The zero-order chi connectivity index (χ0) is 19.8. The fourth-order valence-corrected chi connectivity index (χ4v) is 3.80. The fraction of sp³-hybridized carbons (Fsp3) is 0.167. The molecule has 0 aliphatic rings. The number of aromatic amines is 1. The minimum Gasteiger partial charge on any atom is -0.367 e. The van der Waals surface area contributed by atoms with Crippen LogP contribution in [0.5, 0.6) is 0 Å². The maximum Gasteiger partial charge on any atom is 0.102 e. The maximum absolute atomic E-state index is 6.34. The number of hydrogen-bond donors (Lipinski definition) is 1. The van der Waals surface area contributed by atoms with Gasteiger partial charge in [-0.2, -0.15) is 15.4 Å². The van der Waals surface area contributed by atoms with Crippen LogP contribution in [-0.4, -0.2) is 25.0 Å². The van der Waals surface area contributed by atoms with Crippen LogP contribution in [0.15, 0.2) is 60.8 Å². The van der Waals surface area contributed by atoms with E-state index in [1.807, 2.05) is 34.3 Å². The summed E-state index contributed by atoms with van der Waals surface area (Å²) in [6.07, 6.45) is 8.30. The molecule has 0 radical (unpaired) electrons. The van der Waals surface area contributed by atoms with Crippen LogP contribution < -0.4 is 0 Å². The van der Waals surface area contributed by atoms with Gasteiger partial charge in [0.05, 0.1) is 36.2 Å². The normalized spacial score (nSPS) is 11.7. The molecule has 0 saturated heterocycles. The number of imidazole rings is 1. The lowest BCUT2D eigenvalue weighted by molar-refractivity contribution is 0.0282. The SMILES string of the molecule is Clc1ccc(C(Cn2ccnc2)OCc2ccsc2Cl)c(Cl)c1.c1cn[nH]n1. The van der Waals surface area contributed by atoms with Gasteiger partial charge in [0.2, 0.25) is 0 Å². The second kappa shape index (κ2) is 10.6. The average Bonchev–Trinajstić information content (AvgIpc) is 3.44. The number of nitrogens with one attached hydrogen (secondary N) is 1. The third-order valence-corrected chi connectivity index (χ3v) is 5.52. The van der Waals surface area contributed by atoms with Crippen LogP contribution in [-0.2, 0) is 17.9 Å². The van der Waals surface area contributed by atoms with E-state index in [2.05, 4.69) is 20.4 Å². The van der Waals surface area contributed by atoms with Crippen LogP contribution in [0.25, 0.3) is 0 Å². The molecular formula is C18H16Cl3N5OS. The monoisotopic (exact) mass is 455 g/mol. The fourth-order valence-electron chi connectivity index (χ4n) is 2.37. The van der Waals surface area contributed by atoms with Crippen LogP contribution in [0.1, 0.15) is 17.2 Å². The van der Waals surface area contributed by atoms with E-state index in [1.54, 1.807) is 31.0 Å². The first-order valence-electron chi connectivity index (χ1n) is 8.17. The predicted octanol–water partition coefficient (Wildman–Crippen LogP) is 5.67. The van der Waals surface area contributed by atoms with Gasteiger partial charge in [-0.05, 0) is 23.6 Å². The molecule has 10 heteroatoms. The Morgan fingerprint density at radius 1 is 1.11 bits per heavy atom. The first kappa shape index (κ1) is 20.8. The summed E-state index contributed by atoms with van der Waals surface area (Å²) >= 11 is 20.0. The number of ether oxygens (including phenoxy) is 1. The van der Waals surface area contributed by atoms with Crippen LogP contribution in [0, 0.1) is 0 Å². The molecule has 0 bridgehead atoms. The Hall–Kier alpha value is -1.90. The molecule has 1 atom stereocenters. The van der Waals surface area contributed by atoms with Gasteiger partial charge in [-0.3, -0.25) is 0 Å². The molecule has 4 rings (SSSR count). The van der Waals surface area contributed by atoms with E-state index in [0.29, 0.717) is 23.2 Å². The number of aromatic nitrogens is 5. The van der Waals surface area contributed by atoms with E-state index < -0.39 is 0 Å². The minimum absolute atomic E-state index is 0.232. The van der Waals surface area contributed by atoms with Gasteiger partial charge in [-0.25, -0.2) is 4.98 Å². The Kier molecular flexibility index (Phi) is 7.88. The summed E-state index contributed by atoms with van der Waals surface area (Å²) in [5, 5.41) is 12.5. The number of nitrogens with zero attached hydrogens (tertiary/aromatic N) is 4. The quantitative estimate of drug-likeness (QED) is 0.406. The number of H-pyrrole nitrogens is 1. The van der Waals surface area contributed by atoms with Crippen molar-refractivity contribution in [1.29, 1.82) is 0 Å². The molecule has 0 aliphatic heterocycles. The molecule has 3 aromatic heterocycles. The summed E-state index contributed by atoms with van der Waals surface area (Å²) in [4.78, 5) is 4.06. The Bertz CT molecular complexity index is 942. The molecule has 4 aromatic rings. The number of halogens is 3. The molecule has 0 fully saturated rings. The zero-order valence-corrected chi connectivity index (χ0v) is 17.6. The molecule has 1 unspecified atom stereocenters. The van der Waals surface area contributed by atoms with Crippen molar-refractivity contribution in [2.45, 2.75) is 19.3 Å². The Balaban J connectivity index is 0.000000391. The van der Waals surface area contributed by atoms with Crippen molar-refractivity contribution in [2.24, 2.45) is 0 Å². The maximum atomic E-state index is 6.34. The van der Waals surface area contributed by atoms with E-state index >= 15 is 0 Å². The van der Waals surface area contributed by atoms with Gasteiger partial charge in [0, 0.05) is 33.6 Å². The number of hydrogen-bond acceptors (Lipinski definition) is 5. The first-order chi connectivity index (χ1) is 13.6. The molecule has 6 nitrogen and oxygen atoms in total. The molecule has 0 spiro atoms. The third kappa shape index (κ3) is 6.05. The highest BCUT2D eigenvalue weighted by atomic mass is 35.5. The average molecular weight is 457 g/mol. The van der Waals surface area contributed by atoms with Crippen LogP contribution >= 0.6 is 46.1 Å². The van der Waals surface area contributed by atoms with Crippen LogP contribution in [0.4, 0.5) is 0 Å². The molecule has 3 heterocycles. The number of thiophene rings is 1. The van der Waals surface area contributed by atoms with Gasteiger partial charge in [0.15, 0.2) is 0 Å². The van der Waals surface area contributed by atoms with Gasteiger partial charge in [0.1, 0.15) is 6.10 Å². The van der Waals surface area contributed by atoms with Crippen molar-refractivity contribution < 1.29 is 4.74 Å². The van der Waals surface area contributed by atoms with Crippen LogP contribution in [0.3, 0.4) is 0 Å². The topological polar surface area (TPSA) is 68.6 Å². The summed E-state index contributed by atoms with van der Waals surface area (Å²) in [5.41, 5.74) is 1.86. The molecule has 146 valence electrons. The second-order valence-electron chi connectivity index (χ2n) is 5.60. The lowest BCUT2D eigenvalue weighted by Gasteiger charge is -2.20. The summed E-state index contributed by atoms with van der Waals surface area (Å²) in [7, 11) is 0. The summed E-state index contributed by atoms with van der Waals surface area (Å²) in [6.45, 7) is 1.02. The van der Waals surface area contributed by atoms with E-state index in [0.717, 1.165) is 15.5 Å².